The third-order valence-electron chi connectivity index (χ3n) is 5.84. The lowest BCUT2D eigenvalue weighted by Gasteiger charge is -2.30. The van der Waals surface area contributed by atoms with Crippen LogP contribution in [0.5, 0.6) is 0 Å². The lowest BCUT2D eigenvalue weighted by Crippen LogP contribution is -2.38. The Morgan fingerprint density at radius 3 is 2.52 bits per heavy atom. The summed E-state index contributed by atoms with van der Waals surface area (Å²) in [6.45, 7) is 1.01. The summed E-state index contributed by atoms with van der Waals surface area (Å²) >= 11 is 0. The number of fused-ring (bicyclic) bond motifs is 1. The van der Waals surface area contributed by atoms with Crippen molar-refractivity contribution >= 4 is 23.3 Å². The molecule has 4 rings (SSSR count). The Kier molecular flexibility index (Phi) is 6.32. The molecule has 1 saturated heterocycles. The van der Waals surface area contributed by atoms with Crippen LogP contribution in [0.4, 0.5) is 0 Å². The van der Waals surface area contributed by atoms with Crippen LogP contribution in [0.25, 0.3) is 10.9 Å². The van der Waals surface area contributed by atoms with Gasteiger partial charge in [-0.05, 0) is 49.9 Å². The summed E-state index contributed by atoms with van der Waals surface area (Å²) in [5.41, 5.74) is 3.30. The highest BCUT2D eigenvalue weighted by Gasteiger charge is 2.26. The monoisotopic (exact) mass is 360 g/mol. The molecule has 1 saturated carbocycles. The third-order valence-corrected chi connectivity index (χ3v) is 5.84. The van der Waals surface area contributed by atoms with E-state index >= 15 is 0 Å². The Bertz CT molecular complexity index is 693. The molecule has 2 fully saturated rings. The molecule has 0 spiro atoms. The first-order valence-corrected chi connectivity index (χ1v) is 9.64. The number of piperidine rings is 1. The van der Waals surface area contributed by atoms with Crippen molar-refractivity contribution in [3.05, 3.63) is 41.6 Å². The number of hydrogen-bond acceptors (Lipinski definition) is 3. The number of benzene rings is 1. The molecule has 1 aliphatic heterocycles. The van der Waals surface area contributed by atoms with Crippen molar-refractivity contribution in [3.8, 4) is 0 Å². The molecule has 2 aliphatic rings. The van der Waals surface area contributed by atoms with Gasteiger partial charge in [-0.25, -0.2) is 0 Å². The number of hydrogen-bond donors (Lipinski definition) is 2. The van der Waals surface area contributed by atoms with E-state index in [4.69, 9.17) is 4.98 Å². The summed E-state index contributed by atoms with van der Waals surface area (Å²) < 4.78 is 0. The number of aliphatic hydroxyl groups excluding tert-OH is 1. The number of rotatable bonds is 3. The zero-order valence-electron chi connectivity index (χ0n) is 14.8. The average molecular weight is 361 g/mol. The number of nitrogens with zero attached hydrogens (tertiary/aromatic N) is 1. The lowest BCUT2D eigenvalue weighted by molar-refractivity contribution is 0.115. The van der Waals surface area contributed by atoms with Gasteiger partial charge in [0.2, 0.25) is 0 Å². The highest BCUT2D eigenvalue weighted by Crippen LogP contribution is 2.36. The molecule has 0 radical (unpaired) electrons. The number of aliphatic hydroxyl groups is 1. The highest BCUT2D eigenvalue weighted by molar-refractivity contribution is 5.85. The zero-order valence-corrected chi connectivity index (χ0v) is 15.6. The van der Waals surface area contributed by atoms with E-state index in [1.54, 1.807) is 0 Å². The normalized spacial score (nSPS) is 23.2. The Morgan fingerprint density at radius 1 is 1.00 bits per heavy atom. The molecular weight excluding hydrogens is 332 g/mol. The van der Waals surface area contributed by atoms with Gasteiger partial charge < -0.3 is 10.4 Å². The number of para-hydroxylation sites is 1. The van der Waals surface area contributed by atoms with E-state index in [2.05, 4.69) is 35.6 Å². The van der Waals surface area contributed by atoms with Gasteiger partial charge in [-0.2, -0.15) is 0 Å². The molecule has 1 aromatic heterocycles. The van der Waals surface area contributed by atoms with E-state index < -0.39 is 6.10 Å². The van der Waals surface area contributed by atoms with Gasteiger partial charge in [0.25, 0.3) is 0 Å². The van der Waals surface area contributed by atoms with Crippen LogP contribution in [0.15, 0.2) is 30.3 Å². The number of pyridine rings is 1. The predicted molar refractivity (Wildman–Crippen MR) is 105 cm³/mol. The van der Waals surface area contributed by atoms with Gasteiger partial charge >= 0.3 is 0 Å². The van der Waals surface area contributed by atoms with Crippen molar-refractivity contribution in [1.29, 1.82) is 0 Å². The minimum atomic E-state index is -0.444. The Morgan fingerprint density at radius 2 is 1.76 bits per heavy atom. The number of nitrogens with one attached hydrogen (secondary N) is 1. The van der Waals surface area contributed by atoms with Crippen LogP contribution >= 0.6 is 12.4 Å². The van der Waals surface area contributed by atoms with Crippen molar-refractivity contribution in [1.82, 2.24) is 10.3 Å². The van der Waals surface area contributed by atoms with Crippen LogP contribution < -0.4 is 5.32 Å². The molecule has 2 N–H and O–H groups in total. The summed E-state index contributed by atoms with van der Waals surface area (Å²) in [5, 5.41) is 15.7. The van der Waals surface area contributed by atoms with Crippen molar-refractivity contribution < 1.29 is 5.11 Å². The molecule has 1 aromatic carbocycles. The van der Waals surface area contributed by atoms with E-state index in [0.29, 0.717) is 5.92 Å². The number of halogens is 1. The minimum absolute atomic E-state index is 0. The first-order chi connectivity index (χ1) is 11.8. The quantitative estimate of drug-likeness (QED) is 0.819. The first kappa shape index (κ1) is 18.6. The molecule has 25 heavy (non-hydrogen) atoms. The van der Waals surface area contributed by atoms with E-state index in [1.807, 2.05) is 0 Å². The fourth-order valence-corrected chi connectivity index (χ4v) is 4.44. The molecule has 2 heterocycles. The van der Waals surface area contributed by atoms with Crippen LogP contribution in [0, 0.1) is 0 Å². The molecule has 1 aliphatic carbocycles. The van der Waals surface area contributed by atoms with E-state index in [9.17, 15) is 5.11 Å². The molecule has 4 heteroatoms. The second kappa shape index (κ2) is 8.48. The second-order valence-corrected chi connectivity index (χ2v) is 7.49. The molecular formula is C21H29ClN2O. The summed E-state index contributed by atoms with van der Waals surface area (Å²) in [5.74, 6) is 0.564. The molecule has 3 nitrogen and oxygen atoms in total. The summed E-state index contributed by atoms with van der Waals surface area (Å²) in [4.78, 5) is 4.96. The fraction of sp³-hybridized carbons (Fsp3) is 0.571. The Hall–Kier alpha value is -1.16. The average Bonchev–Trinajstić information content (AvgIpc) is 2.68. The van der Waals surface area contributed by atoms with Crippen LogP contribution in [0.3, 0.4) is 0 Å². The predicted octanol–water partition coefficient (Wildman–Crippen LogP) is 4.88. The molecule has 0 bridgehead atoms. The fourth-order valence-electron chi connectivity index (χ4n) is 4.44. The number of aromatic nitrogens is 1. The van der Waals surface area contributed by atoms with Crippen LogP contribution in [0.1, 0.15) is 74.6 Å². The van der Waals surface area contributed by atoms with E-state index in [0.717, 1.165) is 29.4 Å². The maximum atomic E-state index is 11.1. The van der Waals surface area contributed by atoms with Gasteiger partial charge in [0, 0.05) is 23.0 Å². The standard InChI is InChI=1S/C21H28N2O.ClH/c24-21(19-12-6-7-13-22-19)17-14-20(15-8-2-1-3-9-15)23-18-11-5-4-10-16(17)18;/h4-5,10-11,14-15,19,21-22,24H,1-3,6-9,12-13H2;1H. The van der Waals surface area contributed by atoms with Crippen LogP contribution in [0.2, 0.25) is 0 Å². The summed E-state index contributed by atoms with van der Waals surface area (Å²) in [6.07, 6.45) is 9.47. The molecule has 2 unspecified atom stereocenters. The van der Waals surface area contributed by atoms with Gasteiger partial charge in [0.05, 0.1) is 11.6 Å². The van der Waals surface area contributed by atoms with Gasteiger partial charge in [-0.3, -0.25) is 4.98 Å². The van der Waals surface area contributed by atoms with Gasteiger partial charge in [0.15, 0.2) is 0 Å². The molecule has 0 amide bonds. The maximum Gasteiger partial charge on any atom is 0.0950 e. The summed E-state index contributed by atoms with van der Waals surface area (Å²) in [6, 6.07) is 10.7. The first-order valence-electron chi connectivity index (χ1n) is 9.64. The Labute approximate surface area is 156 Å². The largest absolute Gasteiger partial charge is 0.387 e. The van der Waals surface area contributed by atoms with Crippen molar-refractivity contribution in [2.75, 3.05) is 6.54 Å². The van der Waals surface area contributed by atoms with Crippen molar-refractivity contribution in [2.24, 2.45) is 0 Å². The van der Waals surface area contributed by atoms with Gasteiger partial charge in [-0.15, -0.1) is 12.4 Å². The summed E-state index contributed by atoms with van der Waals surface area (Å²) in [7, 11) is 0. The highest BCUT2D eigenvalue weighted by atomic mass is 35.5. The second-order valence-electron chi connectivity index (χ2n) is 7.49. The smallest absolute Gasteiger partial charge is 0.0950 e. The molecule has 136 valence electrons. The van der Waals surface area contributed by atoms with Crippen LogP contribution in [-0.2, 0) is 0 Å². The minimum Gasteiger partial charge on any atom is -0.387 e. The van der Waals surface area contributed by atoms with Crippen molar-refractivity contribution in [2.45, 2.75) is 69.4 Å². The SMILES string of the molecule is Cl.OC(c1cc(C2CCCCC2)nc2ccccc12)C1CCCCN1. The molecule has 2 atom stereocenters. The third kappa shape index (κ3) is 3.99. The van der Waals surface area contributed by atoms with Crippen LogP contribution in [-0.4, -0.2) is 22.7 Å². The maximum absolute atomic E-state index is 11.1. The van der Waals surface area contributed by atoms with Gasteiger partial charge in [-0.1, -0.05) is 43.9 Å². The topological polar surface area (TPSA) is 45.2 Å². The molecule has 2 aromatic rings. The van der Waals surface area contributed by atoms with Crippen molar-refractivity contribution in [3.63, 3.8) is 0 Å². The zero-order chi connectivity index (χ0) is 16.4. The van der Waals surface area contributed by atoms with Gasteiger partial charge in [0.1, 0.15) is 0 Å². The van der Waals surface area contributed by atoms with E-state index in [1.165, 1.54) is 50.6 Å². The van der Waals surface area contributed by atoms with E-state index in [-0.39, 0.29) is 18.4 Å². The Balaban J connectivity index is 0.00000182. The lowest BCUT2D eigenvalue weighted by atomic mass is 9.84.